The third-order valence-electron chi connectivity index (χ3n) is 10.4. The lowest BCUT2D eigenvalue weighted by molar-refractivity contribution is -0.143. The molecule has 2 saturated carbocycles. The summed E-state index contributed by atoms with van der Waals surface area (Å²) in [4.78, 5) is 12.1. The highest BCUT2D eigenvalue weighted by Gasteiger charge is 2.57. The van der Waals surface area contributed by atoms with Gasteiger partial charge in [-0.2, -0.15) is 18.3 Å². The third kappa shape index (κ3) is 5.89. The summed E-state index contributed by atoms with van der Waals surface area (Å²) >= 11 is 0. The monoisotopic (exact) mass is 589 g/mol. The molecule has 228 valence electrons. The Labute approximate surface area is 252 Å². The summed E-state index contributed by atoms with van der Waals surface area (Å²) in [7, 11) is 4.07. The van der Waals surface area contributed by atoms with Crippen molar-refractivity contribution < 1.29 is 13.2 Å². The molecule has 43 heavy (non-hydrogen) atoms. The highest BCUT2D eigenvalue weighted by Crippen LogP contribution is 2.66. The molecule has 2 aromatic carbocycles. The van der Waals surface area contributed by atoms with Crippen molar-refractivity contribution in [1.29, 1.82) is 0 Å². The van der Waals surface area contributed by atoms with Crippen LogP contribution in [0.25, 0.3) is 16.6 Å². The number of alkyl halides is 3. The summed E-state index contributed by atoms with van der Waals surface area (Å²) in [6, 6.07) is 16.8. The van der Waals surface area contributed by atoms with E-state index in [0.717, 1.165) is 40.1 Å². The molecule has 0 radical (unpaired) electrons. The van der Waals surface area contributed by atoms with E-state index >= 15 is 0 Å². The normalized spacial score (nSPS) is 23.4. The summed E-state index contributed by atoms with van der Waals surface area (Å²) in [6.45, 7) is 4.65. The van der Waals surface area contributed by atoms with Crippen molar-refractivity contribution in [3.63, 3.8) is 0 Å². The predicted molar refractivity (Wildman–Crippen MR) is 165 cm³/mol. The van der Waals surface area contributed by atoms with Crippen molar-refractivity contribution >= 4 is 16.7 Å². The van der Waals surface area contributed by atoms with Crippen LogP contribution in [0.5, 0.6) is 0 Å². The van der Waals surface area contributed by atoms with Gasteiger partial charge < -0.3 is 4.90 Å². The molecule has 2 aromatic heterocycles. The van der Waals surface area contributed by atoms with Gasteiger partial charge in [0.25, 0.3) is 0 Å². The van der Waals surface area contributed by atoms with E-state index in [1.807, 2.05) is 26.2 Å². The quantitative estimate of drug-likeness (QED) is 0.196. The molecule has 1 unspecified atom stereocenters. The molecular formula is C35H42F3N5. The zero-order chi connectivity index (χ0) is 30.4. The van der Waals surface area contributed by atoms with E-state index in [2.05, 4.69) is 36.0 Å². The van der Waals surface area contributed by atoms with Gasteiger partial charge in [-0.25, -0.2) is 14.6 Å². The number of halogens is 3. The first-order valence-corrected chi connectivity index (χ1v) is 15.7. The molecule has 0 aliphatic heterocycles. The average Bonchev–Trinajstić information content (AvgIpc) is 3.51. The Kier molecular flexibility index (Phi) is 7.99. The maximum atomic E-state index is 14.0. The van der Waals surface area contributed by atoms with Gasteiger partial charge >= 0.3 is 6.18 Å². The van der Waals surface area contributed by atoms with Gasteiger partial charge in [0.1, 0.15) is 11.6 Å². The second-order valence-corrected chi connectivity index (χ2v) is 13.2. The van der Waals surface area contributed by atoms with Crippen LogP contribution in [-0.2, 0) is 12.6 Å². The van der Waals surface area contributed by atoms with Gasteiger partial charge in [0.05, 0.1) is 17.4 Å². The number of para-hydroxylation sites is 2. The first-order chi connectivity index (χ1) is 20.6. The Bertz CT molecular complexity index is 1550. The Morgan fingerprint density at radius 2 is 1.67 bits per heavy atom. The minimum absolute atomic E-state index is 0.269. The smallest absolute Gasteiger partial charge is 0.362 e. The van der Waals surface area contributed by atoms with Gasteiger partial charge in [-0.3, -0.25) is 0 Å². The first kappa shape index (κ1) is 29.6. The molecule has 0 N–H and O–H groups in total. The second-order valence-electron chi connectivity index (χ2n) is 13.2. The summed E-state index contributed by atoms with van der Waals surface area (Å²) < 4.78 is 43.1. The average molecular weight is 590 g/mol. The molecule has 1 spiro atoms. The lowest BCUT2D eigenvalue weighted by atomic mass is 9.74. The zero-order valence-electron chi connectivity index (χ0n) is 25.6. The summed E-state index contributed by atoms with van der Waals surface area (Å²) in [5.74, 6) is 3.93. The topological polar surface area (TPSA) is 46.8 Å². The lowest BCUT2D eigenvalue weighted by Gasteiger charge is -2.32. The Balaban J connectivity index is 1.04. The number of aromatic nitrogens is 4. The minimum atomic E-state index is -4.44. The van der Waals surface area contributed by atoms with E-state index < -0.39 is 11.9 Å². The molecular weight excluding hydrogens is 547 g/mol. The molecule has 8 heteroatoms. The number of rotatable bonds is 9. The molecule has 0 saturated heterocycles. The number of hydrogen-bond acceptors (Lipinski definition) is 4. The number of fused-ring (bicyclic) bond motifs is 1. The number of aryl methyl sites for hydroxylation is 1. The van der Waals surface area contributed by atoms with Crippen LogP contribution in [0.1, 0.15) is 81.8 Å². The number of benzene rings is 2. The summed E-state index contributed by atoms with van der Waals surface area (Å²) in [6.07, 6.45) is 5.15. The van der Waals surface area contributed by atoms with Crippen molar-refractivity contribution in [2.75, 3.05) is 19.0 Å². The molecule has 2 aliphatic rings. The van der Waals surface area contributed by atoms with Gasteiger partial charge in [0, 0.05) is 31.0 Å². The maximum Gasteiger partial charge on any atom is 0.433 e. The van der Waals surface area contributed by atoms with E-state index in [4.69, 9.17) is 9.97 Å². The van der Waals surface area contributed by atoms with Crippen molar-refractivity contribution in [3.8, 4) is 5.69 Å². The Morgan fingerprint density at radius 1 is 0.977 bits per heavy atom. The summed E-state index contributed by atoms with van der Waals surface area (Å²) in [5.41, 5.74) is 1.51. The van der Waals surface area contributed by atoms with E-state index in [1.54, 1.807) is 30.3 Å². The van der Waals surface area contributed by atoms with Crippen LogP contribution in [0.3, 0.4) is 0 Å². The molecule has 5 nitrogen and oxygen atoms in total. The van der Waals surface area contributed by atoms with E-state index in [9.17, 15) is 13.2 Å². The van der Waals surface area contributed by atoms with Crippen LogP contribution in [0.4, 0.5) is 19.0 Å². The molecule has 4 aromatic rings. The molecule has 0 bridgehead atoms. The first-order valence-electron chi connectivity index (χ1n) is 15.7. The fourth-order valence-corrected chi connectivity index (χ4v) is 7.66. The van der Waals surface area contributed by atoms with Crippen LogP contribution in [0.15, 0.2) is 60.8 Å². The second kappa shape index (κ2) is 11.6. The Morgan fingerprint density at radius 3 is 2.37 bits per heavy atom. The van der Waals surface area contributed by atoms with E-state index in [1.165, 1.54) is 38.3 Å². The van der Waals surface area contributed by atoms with Crippen molar-refractivity contribution in [1.82, 2.24) is 19.7 Å². The van der Waals surface area contributed by atoms with Crippen LogP contribution in [0.2, 0.25) is 0 Å². The van der Waals surface area contributed by atoms with Crippen LogP contribution >= 0.6 is 0 Å². The molecule has 2 heterocycles. The van der Waals surface area contributed by atoms with Crippen LogP contribution in [0, 0.1) is 23.2 Å². The maximum absolute atomic E-state index is 14.0. The highest BCUT2D eigenvalue weighted by atomic mass is 19.4. The number of anilines is 1. The van der Waals surface area contributed by atoms with E-state index in [-0.39, 0.29) is 5.92 Å². The predicted octanol–water partition coefficient (Wildman–Crippen LogP) is 8.86. The third-order valence-corrected chi connectivity index (χ3v) is 10.4. The van der Waals surface area contributed by atoms with Gasteiger partial charge in [0.15, 0.2) is 5.69 Å². The number of nitrogens with zero attached hydrogens (tertiary/aromatic N) is 5. The van der Waals surface area contributed by atoms with Crippen molar-refractivity contribution in [2.24, 2.45) is 23.2 Å². The fraction of sp³-hybridized carbons (Fsp3) is 0.514. The Hall–Kier alpha value is -3.42. The minimum Gasteiger partial charge on any atom is -0.362 e. The van der Waals surface area contributed by atoms with Gasteiger partial charge in [-0.15, -0.1) is 0 Å². The van der Waals surface area contributed by atoms with Gasteiger partial charge in [-0.05, 0) is 92.4 Å². The summed E-state index contributed by atoms with van der Waals surface area (Å²) in [5, 5.41) is 5.20. The van der Waals surface area contributed by atoms with Gasteiger partial charge in [-0.1, -0.05) is 50.6 Å². The number of hydrogen-bond donors (Lipinski definition) is 0. The fourth-order valence-electron chi connectivity index (χ4n) is 7.66. The lowest BCUT2D eigenvalue weighted by Crippen LogP contribution is -2.22. The van der Waals surface area contributed by atoms with Crippen molar-refractivity contribution in [3.05, 3.63) is 77.9 Å². The molecule has 2 aliphatic carbocycles. The molecule has 0 amide bonds. The van der Waals surface area contributed by atoms with Gasteiger partial charge in [0.2, 0.25) is 0 Å². The van der Waals surface area contributed by atoms with E-state index in [0.29, 0.717) is 40.8 Å². The van der Waals surface area contributed by atoms with Crippen molar-refractivity contribution in [2.45, 2.75) is 77.3 Å². The zero-order valence-corrected chi connectivity index (χ0v) is 25.6. The largest absolute Gasteiger partial charge is 0.433 e. The van der Waals surface area contributed by atoms with Crippen LogP contribution in [-0.4, -0.2) is 33.8 Å². The highest BCUT2D eigenvalue weighted by molar-refractivity contribution is 5.89. The SMILES string of the molecule is CC(c1nc(N(C)C)c2ccccc2n1)[C@H](C)[C@H]1CC12CCC(CCCc1cnn(-c3ccccc3)c1C(F)(F)F)CC2. The molecule has 2 fully saturated rings. The van der Waals surface area contributed by atoms with Crippen LogP contribution < -0.4 is 4.90 Å². The molecule has 3 atom stereocenters. The molecule has 6 rings (SSSR count). The standard InChI is InChI=1S/C35H42F3N5/c1-23(24(2)32-40-30-16-9-8-15-28(30)33(41-32)42(3)4)29-21-34(29)19-17-25(18-20-34)11-10-12-26-22-39-43(31(26)35(36,37)38)27-13-6-5-7-14-27/h5-9,13-16,22-25,29H,10-12,17-21H2,1-4H3/t23-,24?,25?,29+,34?/m0/s1.